The lowest BCUT2D eigenvalue weighted by atomic mass is 10.3. The molecule has 0 spiro atoms. The van der Waals surface area contributed by atoms with Crippen molar-refractivity contribution in [3.63, 3.8) is 0 Å². The lowest BCUT2D eigenvalue weighted by Crippen LogP contribution is -2.06. The maximum Gasteiger partial charge on any atom is 0.506 e. The first kappa shape index (κ1) is 11.9. The van der Waals surface area contributed by atoms with Crippen molar-refractivity contribution in [1.82, 2.24) is 0 Å². The number of hydrogen-bond donors (Lipinski definition) is 0. The highest BCUT2D eigenvalue weighted by molar-refractivity contribution is 9.23. The Bertz CT molecular complexity index is 335. The van der Waals surface area contributed by atoms with Crippen molar-refractivity contribution in [2.24, 2.45) is 0 Å². The molecule has 1 aromatic carbocycles. The van der Waals surface area contributed by atoms with Crippen molar-refractivity contribution >= 4 is 34.8 Å². The predicted octanol–water partition coefficient (Wildman–Crippen LogP) is 2.74. The van der Waals surface area contributed by atoms with Crippen molar-refractivity contribution in [1.29, 1.82) is 0 Å². The molecule has 0 aliphatic rings. The Morgan fingerprint density at radius 3 is 2.14 bits per heavy atom. The first-order valence-electron chi connectivity index (χ1n) is 3.67. The second kappa shape index (κ2) is 5.62. The molecule has 0 aliphatic carbocycles. The summed E-state index contributed by atoms with van der Waals surface area (Å²) in [6.07, 6.45) is -2.45. The minimum absolute atomic E-state index is 0.0639. The molecule has 0 bridgehead atoms. The quantitative estimate of drug-likeness (QED) is 0.610. The second-order valence-electron chi connectivity index (χ2n) is 2.41. The summed E-state index contributed by atoms with van der Waals surface area (Å²) < 4.78 is 40.9. The maximum absolute atomic E-state index is 12.3. The largest absolute Gasteiger partial charge is 0.506 e. The van der Waals surface area contributed by atoms with E-state index in [-0.39, 0.29) is 5.75 Å². The number of hydrogen-bond acceptors (Lipinski definition) is 1. The van der Waals surface area contributed by atoms with Gasteiger partial charge in [-0.25, -0.2) is 0 Å². The molecule has 0 aliphatic heterocycles. The number of rotatable bonds is 3. The van der Waals surface area contributed by atoms with E-state index in [4.69, 9.17) is 0 Å². The molecule has 0 saturated heterocycles. The van der Waals surface area contributed by atoms with Gasteiger partial charge < -0.3 is 4.74 Å². The third kappa shape index (κ3) is 3.51. The van der Waals surface area contributed by atoms with E-state index < -0.39 is 30.3 Å². The van der Waals surface area contributed by atoms with Gasteiger partial charge in [0.25, 0.3) is 0 Å². The predicted molar refractivity (Wildman–Crippen MR) is 51.7 cm³/mol. The molecule has 1 aromatic rings. The maximum atomic E-state index is 12.3. The van der Waals surface area contributed by atoms with Gasteiger partial charge in [-0.2, -0.15) is 16.9 Å². The van der Waals surface area contributed by atoms with E-state index in [1.54, 1.807) is 12.1 Å². The molecule has 0 unspecified atom stereocenters. The summed E-state index contributed by atoms with van der Waals surface area (Å²) in [6.45, 7) is 0. The van der Waals surface area contributed by atoms with Gasteiger partial charge >= 0.3 is 30.3 Å². The van der Waals surface area contributed by atoms with Crippen LogP contribution in [0, 0.1) is 0 Å². The van der Waals surface area contributed by atoms with E-state index in [1.165, 1.54) is 12.1 Å². The highest BCUT2D eigenvalue weighted by Gasteiger charge is 2.07. The molecule has 0 heterocycles. The Balaban J connectivity index is 2.74. The molecule has 1 nitrogen and oxygen atoms in total. The Labute approximate surface area is 94.5 Å². The summed E-state index contributed by atoms with van der Waals surface area (Å²) in [4.78, 5) is 0. The molecule has 1 rings (SSSR count). The minimum Gasteiger partial charge on any atom is -0.428 e. The third-order valence-corrected chi connectivity index (χ3v) is 4.16. The molecule has 14 heavy (non-hydrogen) atoms. The zero-order valence-electron chi connectivity index (χ0n) is 6.94. The Kier molecular flexibility index (Phi) is 4.77. The first-order chi connectivity index (χ1) is 6.63. The number of benzene rings is 1. The molecular weight excluding hydrogens is 273 g/mol. The number of halogens is 4. The van der Waals surface area contributed by atoms with E-state index >= 15 is 0 Å². The first-order valence-corrected chi connectivity index (χ1v) is 8.27. The van der Waals surface area contributed by atoms with Crippen LogP contribution in [0.4, 0.5) is 13.2 Å². The van der Waals surface area contributed by atoms with Crippen LogP contribution in [-0.4, -0.2) is 18.2 Å². The van der Waals surface area contributed by atoms with Crippen LogP contribution < -0.4 is 8.43 Å². The lowest BCUT2D eigenvalue weighted by Gasteiger charge is -2.02. The van der Waals surface area contributed by atoms with Crippen LogP contribution in [0.25, 0.3) is 0 Å². The van der Waals surface area contributed by atoms with E-state index in [0.29, 0.717) is 0 Å². The minimum atomic E-state index is -2.45. The molecule has 0 saturated carbocycles. The summed E-state index contributed by atoms with van der Waals surface area (Å²) >= 11 is 2.89. The van der Waals surface area contributed by atoms with Crippen LogP contribution in [0.15, 0.2) is 36.4 Å². The van der Waals surface area contributed by atoms with Gasteiger partial charge in [0.15, 0.2) is 0 Å². The fraction of sp³-hybridized carbons (Fsp3) is 0. The Morgan fingerprint density at radius 2 is 1.71 bits per heavy atom. The monoisotopic (exact) mass is 276 g/mol. The normalized spacial score (nSPS) is 9.14. The molecular formula is C8H4BrF3MgO. The van der Waals surface area contributed by atoms with Crippen LogP contribution in [0.2, 0.25) is 0 Å². The Morgan fingerprint density at radius 1 is 1.14 bits per heavy atom. The van der Waals surface area contributed by atoms with Gasteiger partial charge in [-0.1, -0.05) is 12.1 Å². The van der Waals surface area contributed by atoms with E-state index in [9.17, 15) is 13.2 Å². The second-order valence-corrected chi connectivity index (χ2v) is 5.18. The topological polar surface area (TPSA) is 9.23 Å². The third-order valence-electron chi connectivity index (χ3n) is 1.43. The van der Waals surface area contributed by atoms with Crippen molar-refractivity contribution in [2.75, 3.05) is 0 Å². The zero-order chi connectivity index (χ0) is 10.6. The summed E-state index contributed by atoms with van der Waals surface area (Å²) in [6, 6.07) is 4.46. The molecule has 0 aromatic heterocycles. The highest BCUT2D eigenvalue weighted by Crippen LogP contribution is 2.16. The lowest BCUT2D eigenvalue weighted by molar-refractivity contribution is 0.241. The summed E-state index contributed by atoms with van der Waals surface area (Å²) in [5, 5.41) is 0. The molecule has 0 fully saturated rings. The van der Waals surface area contributed by atoms with Gasteiger partial charge in [0.1, 0.15) is 5.75 Å². The summed E-state index contributed by atoms with van der Waals surface area (Å²) in [5.74, 6) is 0.0639. The Hall–Kier alpha value is -0.204. The van der Waals surface area contributed by atoms with Gasteiger partial charge in [0, 0.05) is 0 Å². The van der Waals surface area contributed by atoms with Crippen LogP contribution in [0.1, 0.15) is 0 Å². The molecule has 0 radical (unpaired) electrons. The molecule has 72 valence electrons. The van der Waals surface area contributed by atoms with Crippen LogP contribution in [0.3, 0.4) is 0 Å². The van der Waals surface area contributed by atoms with E-state index in [0.717, 1.165) is 3.69 Å². The molecule has 6 heteroatoms. The standard InChI is InChI=1S/C8H4F3O.BrH.Mg/c9-7(10)8(11)12-6-4-2-1-3-5-6;;/h2-5H;1H;/q;;+1/p-1. The SMILES string of the molecule is FC(F)=C(F)Oc1cc[c]([Mg][Br])cc1. The van der Waals surface area contributed by atoms with Crippen molar-refractivity contribution < 1.29 is 17.9 Å². The van der Waals surface area contributed by atoms with Crippen LogP contribution in [0.5, 0.6) is 5.75 Å². The van der Waals surface area contributed by atoms with Gasteiger partial charge in [-0.05, 0) is 12.1 Å². The van der Waals surface area contributed by atoms with E-state index in [1.807, 2.05) is 0 Å². The van der Waals surface area contributed by atoms with Crippen LogP contribution in [-0.2, 0) is 0 Å². The smallest absolute Gasteiger partial charge is 0.428 e. The van der Waals surface area contributed by atoms with Gasteiger partial charge in [0.2, 0.25) is 0 Å². The van der Waals surface area contributed by atoms with Crippen molar-refractivity contribution in [3.8, 4) is 5.75 Å². The van der Waals surface area contributed by atoms with Gasteiger partial charge in [0.05, 0.1) is 0 Å². The average molecular weight is 277 g/mol. The van der Waals surface area contributed by atoms with E-state index in [2.05, 4.69) is 17.6 Å². The molecule has 0 N–H and O–H groups in total. The number of ether oxygens (including phenoxy) is 1. The summed E-state index contributed by atoms with van der Waals surface area (Å²) in [7, 11) is 0. The fourth-order valence-corrected chi connectivity index (χ4v) is 2.32. The van der Waals surface area contributed by atoms with Gasteiger partial charge in [-0.15, -0.1) is 0 Å². The summed E-state index contributed by atoms with van der Waals surface area (Å²) in [5.41, 5.74) is 0. The van der Waals surface area contributed by atoms with Crippen molar-refractivity contribution in [3.05, 3.63) is 36.4 Å². The van der Waals surface area contributed by atoms with Gasteiger partial charge in [-0.3, -0.25) is 12.9 Å². The zero-order valence-corrected chi connectivity index (χ0v) is 9.94. The van der Waals surface area contributed by atoms with Crippen LogP contribution >= 0.6 is 12.9 Å². The molecule has 0 atom stereocenters. The molecule has 0 amide bonds. The average Bonchev–Trinajstić information content (AvgIpc) is 2.19. The highest BCUT2D eigenvalue weighted by atomic mass is 79.9. The van der Waals surface area contributed by atoms with Crippen molar-refractivity contribution in [2.45, 2.75) is 0 Å². The fourth-order valence-electron chi connectivity index (χ4n) is 0.789.